The average molecular weight is 473 g/mol. The highest BCUT2D eigenvalue weighted by Crippen LogP contribution is 2.14. The Kier molecular flexibility index (Phi) is 11.3. The molecule has 33 heavy (non-hydrogen) atoms. The van der Waals surface area contributed by atoms with Crippen molar-refractivity contribution in [1.82, 2.24) is 0 Å². The molecule has 0 amide bonds. The highest BCUT2D eigenvalue weighted by molar-refractivity contribution is 6.30. The molecule has 0 radical (unpaired) electrons. The van der Waals surface area contributed by atoms with Gasteiger partial charge in [-0.3, -0.25) is 19.2 Å². The van der Waals surface area contributed by atoms with Crippen LogP contribution < -0.4 is 0 Å². The van der Waals surface area contributed by atoms with Gasteiger partial charge in [-0.05, 0) is 55.7 Å². The molecule has 0 aliphatic rings. The van der Waals surface area contributed by atoms with Crippen molar-refractivity contribution in [2.75, 3.05) is 13.2 Å². The number of esters is 2. The van der Waals surface area contributed by atoms with Gasteiger partial charge in [-0.2, -0.15) is 0 Å². The van der Waals surface area contributed by atoms with E-state index >= 15 is 0 Å². The van der Waals surface area contributed by atoms with Crippen LogP contribution in [0.4, 0.5) is 0 Å². The number of rotatable bonds is 14. The second kappa shape index (κ2) is 14.2. The number of carbonyl (C=O) groups is 4. The fraction of sp³-hybridized carbons (Fsp3) is 0.385. The van der Waals surface area contributed by atoms with Crippen LogP contribution in [0.5, 0.6) is 0 Å². The smallest absolute Gasteiger partial charge is 0.305 e. The average Bonchev–Trinajstić information content (AvgIpc) is 2.80. The number of carbonyl (C=O) groups excluding carboxylic acids is 4. The summed E-state index contributed by atoms with van der Waals surface area (Å²) in [6, 6.07) is 13.8. The first-order valence-corrected chi connectivity index (χ1v) is 11.5. The van der Waals surface area contributed by atoms with Gasteiger partial charge in [0.05, 0.1) is 13.2 Å². The third-order valence-electron chi connectivity index (χ3n) is 4.94. The maximum Gasteiger partial charge on any atom is 0.305 e. The highest BCUT2D eigenvalue weighted by Gasteiger charge is 2.11. The summed E-state index contributed by atoms with van der Waals surface area (Å²) in [6.45, 7) is 2.28. The zero-order valence-corrected chi connectivity index (χ0v) is 19.6. The molecule has 0 aromatic heterocycles. The van der Waals surface area contributed by atoms with Crippen LogP contribution in [-0.2, 0) is 25.5 Å². The number of benzene rings is 2. The van der Waals surface area contributed by atoms with Gasteiger partial charge in [0, 0.05) is 48.3 Å². The molecule has 0 bridgehead atoms. The van der Waals surface area contributed by atoms with Crippen molar-refractivity contribution < 1.29 is 28.7 Å². The van der Waals surface area contributed by atoms with Gasteiger partial charge in [0.2, 0.25) is 0 Å². The molecule has 0 N–H and O–H groups in total. The lowest BCUT2D eigenvalue weighted by Gasteiger charge is -2.07. The van der Waals surface area contributed by atoms with Gasteiger partial charge in [-0.1, -0.05) is 29.8 Å². The van der Waals surface area contributed by atoms with Gasteiger partial charge in [-0.25, -0.2) is 0 Å². The summed E-state index contributed by atoms with van der Waals surface area (Å²) in [6.07, 6.45) is 2.26. The summed E-state index contributed by atoms with van der Waals surface area (Å²) < 4.78 is 10.1. The SMILES string of the molecule is CCOC(=O)CCCC(=O)c1cccc(CCOC(=O)CCCC(=O)c2ccc(Cl)cc2)c1. The lowest BCUT2D eigenvalue weighted by Crippen LogP contribution is -2.09. The number of ketones is 2. The molecule has 0 spiro atoms. The van der Waals surface area contributed by atoms with Crippen LogP contribution in [0.1, 0.15) is 71.7 Å². The van der Waals surface area contributed by atoms with Crippen molar-refractivity contribution in [3.8, 4) is 0 Å². The molecule has 0 aliphatic heterocycles. The lowest BCUT2D eigenvalue weighted by molar-refractivity contribution is -0.144. The summed E-state index contributed by atoms with van der Waals surface area (Å²) in [5.74, 6) is -0.730. The molecule has 176 valence electrons. The summed E-state index contributed by atoms with van der Waals surface area (Å²) >= 11 is 5.81. The molecule has 6 nitrogen and oxygen atoms in total. The van der Waals surface area contributed by atoms with E-state index in [2.05, 4.69) is 0 Å². The second-order valence-electron chi connectivity index (χ2n) is 7.54. The monoisotopic (exact) mass is 472 g/mol. The summed E-state index contributed by atoms with van der Waals surface area (Å²) in [5.41, 5.74) is 2.03. The Balaban J connectivity index is 1.67. The van der Waals surface area contributed by atoms with Gasteiger partial charge in [-0.15, -0.1) is 0 Å². The van der Waals surface area contributed by atoms with Crippen LogP contribution in [0.2, 0.25) is 5.02 Å². The minimum atomic E-state index is -0.356. The predicted octanol–water partition coefficient (Wildman–Crippen LogP) is 5.40. The van der Waals surface area contributed by atoms with Gasteiger partial charge in [0.15, 0.2) is 11.6 Å². The van der Waals surface area contributed by atoms with E-state index < -0.39 is 0 Å². The Morgan fingerprint density at radius 3 is 2.00 bits per heavy atom. The van der Waals surface area contributed by atoms with Crippen LogP contribution in [-0.4, -0.2) is 36.7 Å². The molecule has 7 heteroatoms. The van der Waals surface area contributed by atoms with E-state index in [-0.39, 0.29) is 55.8 Å². The zero-order chi connectivity index (χ0) is 24.1. The van der Waals surface area contributed by atoms with E-state index in [1.54, 1.807) is 49.4 Å². The summed E-state index contributed by atoms with van der Waals surface area (Å²) in [5, 5.41) is 0.569. The standard InChI is InChI=1S/C26H29ClO6/c1-2-32-25(30)10-5-9-24(29)21-7-3-6-19(18-21)16-17-33-26(31)11-4-8-23(28)20-12-14-22(27)15-13-20/h3,6-7,12-15,18H,2,4-5,8-11,16-17H2,1H3. The molecule has 2 rings (SSSR count). The van der Waals surface area contributed by atoms with Crippen molar-refractivity contribution in [3.05, 3.63) is 70.2 Å². The molecule has 0 unspecified atom stereocenters. The molecule has 0 saturated heterocycles. The number of Topliss-reactive ketones (excluding diaryl/α,β-unsaturated/α-hetero) is 2. The van der Waals surface area contributed by atoms with Crippen LogP contribution >= 0.6 is 11.6 Å². The summed E-state index contributed by atoms with van der Waals surface area (Å²) in [4.78, 5) is 47.8. The number of hydrogen-bond donors (Lipinski definition) is 0. The van der Waals surface area contributed by atoms with Crippen molar-refractivity contribution in [1.29, 1.82) is 0 Å². The Morgan fingerprint density at radius 2 is 1.36 bits per heavy atom. The first-order valence-electron chi connectivity index (χ1n) is 11.1. The Labute approximate surface area is 199 Å². The van der Waals surface area contributed by atoms with E-state index in [4.69, 9.17) is 21.1 Å². The molecule has 0 saturated carbocycles. The molecule has 2 aromatic rings. The van der Waals surface area contributed by atoms with E-state index in [9.17, 15) is 19.2 Å². The first kappa shape index (κ1) is 26.3. The van der Waals surface area contributed by atoms with Gasteiger partial charge in [0.1, 0.15) is 0 Å². The zero-order valence-electron chi connectivity index (χ0n) is 18.8. The Hall–Kier alpha value is -2.99. The molecule has 0 heterocycles. The minimum absolute atomic E-state index is 0.0384. The van der Waals surface area contributed by atoms with Gasteiger partial charge in [0.25, 0.3) is 0 Å². The molecule has 2 aromatic carbocycles. The minimum Gasteiger partial charge on any atom is -0.466 e. The normalized spacial score (nSPS) is 10.5. The number of ether oxygens (including phenoxy) is 2. The van der Waals surface area contributed by atoms with E-state index in [0.29, 0.717) is 42.0 Å². The van der Waals surface area contributed by atoms with Crippen LogP contribution in [0.3, 0.4) is 0 Å². The highest BCUT2D eigenvalue weighted by atomic mass is 35.5. The number of hydrogen-bond acceptors (Lipinski definition) is 6. The molecular formula is C26H29ClO6. The predicted molar refractivity (Wildman–Crippen MR) is 126 cm³/mol. The van der Waals surface area contributed by atoms with Crippen LogP contribution in [0, 0.1) is 0 Å². The van der Waals surface area contributed by atoms with E-state index in [1.807, 2.05) is 6.07 Å². The van der Waals surface area contributed by atoms with Crippen LogP contribution in [0.25, 0.3) is 0 Å². The fourth-order valence-corrected chi connectivity index (χ4v) is 3.33. The largest absolute Gasteiger partial charge is 0.466 e. The molecule has 0 atom stereocenters. The summed E-state index contributed by atoms with van der Waals surface area (Å²) in [7, 11) is 0. The molecular weight excluding hydrogens is 444 g/mol. The fourth-order valence-electron chi connectivity index (χ4n) is 3.20. The first-order chi connectivity index (χ1) is 15.9. The third kappa shape index (κ3) is 10.00. The van der Waals surface area contributed by atoms with Crippen molar-refractivity contribution in [2.45, 2.75) is 51.9 Å². The Morgan fingerprint density at radius 1 is 0.758 bits per heavy atom. The van der Waals surface area contributed by atoms with Gasteiger partial charge >= 0.3 is 11.9 Å². The van der Waals surface area contributed by atoms with E-state index in [0.717, 1.165) is 5.56 Å². The molecule has 0 aliphatic carbocycles. The maximum atomic E-state index is 12.3. The van der Waals surface area contributed by atoms with E-state index in [1.165, 1.54) is 0 Å². The lowest BCUT2D eigenvalue weighted by atomic mass is 10.0. The van der Waals surface area contributed by atoms with Crippen molar-refractivity contribution in [2.24, 2.45) is 0 Å². The quantitative estimate of drug-likeness (QED) is 0.270. The molecule has 0 fully saturated rings. The van der Waals surface area contributed by atoms with Crippen LogP contribution in [0.15, 0.2) is 48.5 Å². The van der Waals surface area contributed by atoms with Gasteiger partial charge < -0.3 is 9.47 Å². The maximum absolute atomic E-state index is 12.3. The second-order valence-corrected chi connectivity index (χ2v) is 7.97. The number of halogens is 1. The van der Waals surface area contributed by atoms with Crippen molar-refractivity contribution >= 4 is 35.1 Å². The van der Waals surface area contributed by atoms with Crippen molar-refractivity contribution in [3.63, 3.8) is 0 Å². The topological polar surface area (TPSA) is 86.7 Å². The Bertz CT molecular complexity index is 952. The third-order valence-corrected chi connectivity index (χ3v) is 5.20.